The number of benzene rings is 1. The van der Waals surface area contributed by atoms with E-state index in [-0.39, 0.29) is 12.1 Å². The van der Waals surface area contributed by atoms with Crippen LogP contribution in [0, 0.1) is 5.82 Å². The standard InChI is InChI=1S/C12H15FN2O3/c13-7-1-4-10(14)11(5-7)18-9-3-2-8(6-9)15-12(16)17/h1,4-5,8-9,15H,2-3,6,14H2,(H,16,17)/t8-,9-/m0/s1. The molecule has 0 unspecified atom stereocenters. The van der Waals surface area contributed by atoms with Crippen molar-refractivity contribution >= 4 is 11.8 Å². The zero-order chi connectivity index (χ0) is 13.1. The van der Waals surface area contributed by atoms with Crippen molar-refractivity contribution in [3.63, 3.8) is 0 Å². The molecule has 5 nitrogen and oxygen atoms in total. The first kappa shape index (κ1) is 12.5. The highest BCUT2D eigenvalue weighted by molar-refractivity contribution is 5.64. The normalized spacial score (nSPS) is 22.7. The first-order valence-electron chi connectivity index (χ1n) is 5.75. The van der Waals surface area contributed by atoms with Gasteiger partial charge >= 0.3 is 6.09 Å². The number of carboxylic acid groups (broad SMARTS) is 1. The molecule has 4 N–H and O–H groups in total. The van der Waals surface area contributed by atoms with E-state index in [2.05, 4.69) is 5.32 Å². The molecule has 1 aromatic rings. The van der Waals surface area contributed by atoms with E-state index in [9.17, 15) is 9.18 Å². The molecule has 2 rings (SSSR count). The van der Waals surface area contributed by atoms with Gasteiger partial charge in [0.05, 0.1) is 5.69 Å². The van der Waals surface area contributed by atoms with Crippen LogP contribution in [0.5, 0.6) is 5.75 Å². The van der Waals surface area contributed by atoms with E-state index in [4.69, 9.17) is 15.6 Å². The van der Waals surface area contributed by atoms with Crippen molar-refractivity contribution in [1.82, 2.24) is 5.32 Å². The number of hydrogen-bond donors (Lipinski definition) is 3. The Balaban J connectivity index is 1.95. The summed E-state index contributed by atoms with van der Waals surface area (Å²) in [7, 11) is 0. The van der Waals surface area contributed by atoms with Crippen LogP contribution >= 0.6 is 0 Å². The van der Waals surface area contributed by atoms with E-state index in [1.165, 1.54) is 18.2 Å². The van der Waals surface area contributed by atoms with Crippen LogP contribution in [-0.2, 0) is 0 Å². The Kier molecular flexibility index (Phi) is 3.55. The molecule has 98 valence electrons. The van der Waals surface area contributed by atoms with Gasteiger partial charge in [0.2, 0.25) is 0 Å². The van der Waals surface area contributed by atoms with E-state index in [1.807, 2.05) is 0 Å². The first-order chi connectivity index (χ1) is 8.54. The fraction of sp³-hybridized carbons (Fsp3) is 0.417. The Bertz CT molecular complexity index is 453. The molecule has 1 aromatic carbocycles. The Morgan fingerprint density at radius 1 is 1.50 bits per heavy atom. The molecular weight excluding hydrogens is 239 g/mol. The van der Waals surface area contributed by atoms with Gasteiger partial charge in [0.15, 0.2) is 0 Å². The van der Waals surface area contributed by atoms with Gasteiger partial charge in [-0.2, -0.15) is 0 Å². The summed E-state index contributed by atoms with van der Waals surface area (Å²) >= 11 is 0. The van der Waals surface area contributed by atoms with Gasteiger partial charge in [0.25, 0.3) is 0 Å². The van der Waals surface area contributed by atoms with Crippen molar-refractivity contribution in [2.24, 2.45) is 0 Å². The second-order valence-electron chi connectivity index (χ2n) is 4.38. The monoisotopic (exact) mass is 254 g/mol. The molecule has 0 aliphatic heterocycles. The van der Waals surface area contributed by atoms with Gasteiger partial charge in [-0.3, -0.25) is 0 Å². The van der Waals surface area contributed by atoms with Crippen LogP contribution in [0.4, 0.5) is 14.9 Å². The molecular formula is C12H15FN2O3. The zero-order valence-corrected chi connectivity index (χ0v) is 9.73. The van der Waals surface area contributed by atoms with Crippen LogP contribution in [0.25, 0.3) is 0 Å². The highest BCUT2D eigenvalue weighted by Crippen LogP contribution is 2.28. The Morgan fingerprint density at radius 3 is 3.00 bits per heavy atom. The maximum Gasteiger partial charge on any atom is 0.404 e. The number of amides is 1. The number of hydrogen-bond acceptors (Lipinski definition) is 3. The van der Waals surface area contributed by atoms with Crippen LogP contribution in [0.2, 0.25) is 0 Å². The summed E-state index contributed by atoms with van der Waals surface area (Å²) in [5, 5.41) is 11.0. The van der Waals surface area contributed by atoms with Gasteiger partial charge in [0, 0.05) is 18.5 Å². The van der Waals surface area contributed by atoms with Crippen molar-refractivity contribution in [3.8, 4) is 5.75 Å². The van der Waals surface area contributed by atoms with Crippen LogP contribution in [0.1, 0.15) is 19.3 Å². The van der Waals surface area contributed by atoms with Crippen LogP contribution in [0.3, 0.4) is 0 Å². The predicted octanol–water partition coefficient (Wildman–Crippen LogP) is 1.98. The van der Waals surface area contributed by atoms with E-state index >= 15 is 0 Å². The lowest BCUT2D eigenvalue weighted by molar-refractivity contribution is 0.185. The lowest BCUT2D eigenvalue weighted by Crippen LogP contribution is -2.32. The van der Waals surface area contributed by atoms with E-state index < -0.39 is 11.9 Å². The molecule has 1 saturated carbocycles. The maximum atomic E-state index is 13.0. The minimum Gasteiger partial charge on any atom is -0.488 e. The fourth-order valence-corrected chi connectivity index (χ4v) is 2.14. The summed E-state index contributed by atoms with van der Waals surface area (Å²) in [6.45, 7) is 0. The first-order valence-corrected chi connectivity index (χ1v) is 5.75. The summed E-state index contributed by atoms with van der Waals surface area (Å²) in [4.78, 5) is 10.5. The second kappa shape index (κ2) is 5.12. The summed E-state index contributed by atoms with van der Waals surface area (Å²) in [6.07, 6.45) is 0.840. The summed E-state index contributed by atoms with van der Waals surface area (Å²) in [5.74, 6) is -0.0895. The SMILES string of the molecule is Nc1ccc(F)cc1O[C@H]1CC[C@H](NC(=O)O)C1. The number of halogens is 1. The van der Waals surface area contributed by atoms with Crippen molar-refractivity contribution in [1.29, 1.82) is 0 Å². The average molecular weight is 254 g/mol. The summed E-state index contributed by atoms with van der Waals surface area (Å²) in [6, 6.07) is 3.85. The predicted molar refractivity (Wildman–Crippen MR) is 64.0 cm³/mol. The number of nitrogens with two attached hydrogens (primary N) is 1. The van der Waals surface area contributed by atoms with Crippen molar-refractivity contribution in [3.05, 3.63) is 24.0 Å². The third kappa shape index (κ3) is 3.03. The largest absolute Gasteiger partial charge is 0.488 e. The minimum absolute atomic E-state index is 0.109. The number of rotatable bonds is 3. The molecule has 1 aliphatic carbocycles. The van der Waals surface area contributed by atoms with Gasteiger partial charge in [-0.25, -0.2) is 9.18 Å². The quantitative estimate of drug-likeness (QED) is 0.720. The van der Waals surface area contributed by atoms with Gasteiger partial charge in [0.1, 0.15) is 17.7 Å². The van der Waals surface area contributed by atoms with Crippen LogP contribution in [0.15, 0.2) is 18.2 Å². The van der Waals surface area contributed by atoms with Crippen molar-refractivity contribution in [2.45, 2.75) is 31.4 Å². The van der Waals surface area contributed by atoms with E-state index in [0.29, 0.717) is 24.3 Å². The van der Waals surface area contributed by atoms with Gasteiger partial charge in [-0.15, -0.1) is 0 Å². The number of nitrogen functional groups attached to an aromatic ring is 1. The lowest BCUT2D eigenvalue weighted by Gasteiger charge is -2.15. The molecule has 2 atom stereocenters. The maximum absolute atomic E-state index is 13.0. The molecule has 1 amide bonds. The third-order valence-electron chi connectivity index (χ3n) is 2.98. The fourth-order valence-electron chi connectivity index (χ4n) is 2.14. The highest BCUT2D eigenvalue weighted by Gasteiger charge is 2.27. The van der Waals surface area contributed by atoms with Crippen LogP contribution in [-0.4, -0.2) is 23.3 Å². The van der Waals surface area contributed by atoms with E-state index in [0.717, 1.165) is 6.42 Å². The molecule has 0 spiro atoms. The van der Waals surface area contributed by atoms with Crippen LogP contribution < -0.4 is 15.8 Å². The number of anilines is 1. The number of nitrogens with one attached hydrogen (secondary N) is 1. The minimum atomic E-state index is -1.04. The third-order valence-corrected chi connectivity index (χ3v) is 2.98. The molecule has 1 aliphatic rings. The Hall–Kier alpha value is -1.98. The Labute approximate surface area is 104 Å². The summed E-state index contributed by atoms with van der Waals surface area (Å²) < 4.78 is 18.6. The average Bonchev–Trinajstić information content (AvgIpc) is 2.70. The molecule has 0 bridgehead atoms. The molecule has 1 fully saturated rings. The Morgan fingerprint density at radius 2 is 2.28 bits per heavy atom. The second-order valence-corrected chi connectivity index (χ2v) is 4.38. The molecule has 0 saturated heterocycles. The zero-order valence-electron chi connectivity index (χ0n) is 9.73. The van der Waals surface area contributed by atoms with Gasteiger partial charge < -0.3 is 20.9 Å². The van der Waals surface area contributed by atoms with Crippen molar-refractivity contribution in [2.75, 3.05) is 5.73 Å². The molecule has 18 heavy (non-hydrogen) atoms. The molecule has 0 heterocycles. The molecule has 0 radical (unpaired) electrons. The smallest absolute Gasteiger partial charge is 0.404 e. The topological polar surface area (TPSA) is 84.6 Å². The lowest BCUT2D eigenvalue weighted by atomic mass is 10.2. The number of ether oxygens (including phenoxy) is 1. The van der Waals surface area contributed by atoms with Gasteiger partial charge in [-0.05, 0) is 25.0 Å². The number of carbonyl (C=O) groups is 1. The van der Waals surface area contributed by atoms with Gasteiger partial charge in [-0.1, -0.05) is 0 Å². The molecule has 0 aromatic heterocycles. The molecule has 6 heteroatoms. The highest BCUT2D eigenvalue weighted by atomic mass is 19.1. The summed E-state index contributed by atoms with van der Waals surface area (Å²) in [5.41, 5.74) is 6.06. The van der Waals surface area contributed by atoms with E-state index in [1.54, 1.807) is 0 Å². The van der Waals surface area contributed by atoms with Crippen molar-refractivity contribution < 1.29 is 19.0 Å².